The maximum Gasteiger partial charge on any atom is 0.410 e. The Morgan fingerprint density at radius 3 is 2.39 bits per heavy atom. The molecule has 8 nitrogen and oxygen atoms in total. The first-order valence-corrected chi connectivity index (χ1v) is 13.8. The van der Waals surface area contributed by atoms with E-state index in [0.717, 1.165) is 34.0 Å². The molecule has 4 aromatic rings. The summed E-state index contributed by atoms with van der Waals surface area (Å²) in [4.78, 5) is 40.5. The van der Waals surface area contributed by atoms with Gasteiger partial charge in [-0.25, -0.2) is 4.79 Å². The van der Waals surface area contributed by atoms with Crippen molar-refractivity contribution in [1.29, 1.82) is 0 Å². The number of fused-ring (bicyclic) bond motifs is 1. The molecule has 0 radical (unpaired) electrons. The van der Waals surface area contributed by atoms with Gasteiger partial charge >= 0.3 is 6.09 Å². The maximum atomic E-state index is 13.4. The Morgan fingerprint density at radius 2 is 1.71 bits per heavy atom. The van der Waals surface area contributed by atoms with E-state index >= 15 is 0 Å². The summed E-state index contributed by atoms with van der Waals surface area (Å²) in [6.45, 7) is 6.26. The van der Waals surface area contributed by atoms with Gasteiger partial charge in [0.1, 0.15) is 17.4 Å². The molecule has 0 aliphatic carbocycles. The maximum absolute atomic E-state index is 13.4. The predicted octanol–water partition coefficient (Wildman–Crippen LogP) is 6.06. The lowest BCUT2D eigenvalue weighted by molar-refractivity contribution is -0.120. The highest BCUT2D eigenvalue weighted by Gasteiger charge is 2.36. The van der Waals surface area contributed by atoms with Crippen LogP contribution in [0.1, 0.15) is 39.2 Å². The molecular formula is C33H35N3O5. The van der Waals surface area contributed by atoms with E-state index in [4.69, 9.17) is 9.47 Å². The van der Waals surface area contributed by atoms with Crippen LogP contribution < -0.4 is 15.6 Å². The summed E-state index contributed by atoms with van der Waals surface area (Å²) >= 11 is 0. The molecule has 41 heavy (non-hydrogen) atoms. The molecule has 2 heterocycles. The normalized spacial score (nSPS) is 15.1. The minimum Gasteiger partial charge on any atom is -0.497 e. The molecule has 1 aliphatic heterocycles. The number of pyridine rings is 1. The van der Waals surface area contributed by atoms with Gasteiger partial charge in [-0.15, -0.1) is 0 Å². The Kier molecular flexibility index (Phi) is 7.83. The van der Waals surface area contributed by atoms with Crippen molar-refractivity contribution in [2.75, 3.05) is 19.0 Å². The molecule has 5 rings (SSSR count). The lowest BCUT2D eigenvalue weighted by Crippen LogP contribution is -2.45. The molecule has 1 saturated heterocycles. The number of benzene rings is 3. The first kappa shape index (κ1) is 28.0. The Hall–Kier alpha value is -4.59. The molecule has 1 N–H and O–H groups in total. The number of hydrogen-bond donors (Lipinski definition) is 1. The predicted molar refractivity (Wildman–Crippen MR) is 160 cm³/mol. The van der Waals surface area contributed by atoms with Gasteiger partial charge in [-0.1, -0.05) is 42.5 Å². The van der Waals surface area contributed by atoms with Crippen LogP contribution in [0.5, 0.6) is 5.75 Å². The number of nitrogens with one attached hydrogen (secondary N) is 1. The summed E-state index contributed by atoms with van der Waals surface area (Å²) in [6.07, 6.45) is 0.854. The fraction of sp³-hybridized carbons (Fsp3) is 0.303. The van der Waals surface area contributed by atoms with Gasteiger partial charge in [0.2, 0.25) is 5.91 Å². The fourth-order valence-electron chi connectivity index (χ4n) is 5.19. The van der Waals surface area contributed by atoms with Crippen molar-refractivity contribution in [3.8, 4) is 16.9 Å². The number of aromatic nitrogens is 1. The third-order valence-corrected chi connectivity index (χ3v) is 7.15. The highest BCUT2D eigenvalue weighted by Crippen LogP contribution is 2.30. The third-order valence-electron chi connectivity index (χ3n) is 7.15. The molecule has 1 aromatic heterocycles. The molecule has 3 aromatic carbocycles. The van der Waals surface area contributed by atoms with E-state index in [0.29, 0.717) is 30.9 Å². The minimum atomic E-state index is -0.628. The zero-order valence-corrected chi connectivity index (χ0v) is 23.8. The average Bonchev–Trinajstić information content (AvgIpc) is 3.45. The zero-order valence-electron chi connectivity index (χ0n) is 23.8. The van der Waals surface area contributed by atoms with Gasteiger partial charge in [0.15, 0.2) is 0 Å². The molecule has 212 valence electrons. The monoisotopic (exact) mass is 553 g/mol. The largest absolute Gasteiger partial charge is 0.497 e. The van der Waals surface area contributed by atoms with Crippen molar-refractivity contribution >= 4 is 28.6 Å². The van der Waals surface area contributed by atoms with Crippen molar-refractivity contribution in [2.45, 2.75) is 51.8 Å². The second-order valence-electron chi connectivity index (χ2n) is 11.2. The number of anilines is 1. The third kappa shape index (κ3) is 6.27. The Morgan fingerprint density at radius 1 is 0.976 bits per heavy atom. The van der Waals surface area contributed by atoms with Crippen LogP contribution in [-0.4, -0.2) is 46.8 Å². The fourth-order valence-corrected chi connectivity index (χ4v) is 5.19. The zero-order chi connectivity index (χ0) is 29.1. The van der Waals surface area contributed by atoms with Crippen molar-refractivity contribution in [3.05, 3.63) is 94.8 Å². The van der Waals surface area contributed by atoms with E-state index in [2.05, 4.69) is 5.32 Å². The number of hydrogen-bond acceptors (Lipinski definition) is 5. The summed E-state index contributed by atoms with van der Waals surface area (Å²) < 4.78 is 12.7. The number of amides is 2. The molecule has 1 aliphatic rings. The van der Waals surface area contributed by atoms with Crippen molar-refractivity contribution in [2.24, 2.45) is 0 Å². The number of rotatable bonds is 6. The average molecular weight is 554 g/mol. The van der Waals surface area contributed by atoms with E-state index in [-0.39, 0.29) is 11.5 Å². The van der Waals surface area contributed by atoms with Crippen LogP contribution in [0.2, 0.25) is 0 Å². The van der Waals surface area contributed by atoms with Gasteiger partial charge in [0.05, 0.1) is 19.2 Å². The van der Waals surface area contributed by atoms with Crippen molar-refractivity contribution in [3.63, 3.8) is 0 Å². The van der Waals surface area contributed by atoms with Crippen LogP contribution in [0.25, 0.3) is 22.0 Å². The van der Waals surface area contributed by atoms with Gasteiger partial charge in [-0.3, -0.25) is 14.5 Å². The van der Waals surface area contributed by atoms with Gasteiger partial charge in [-0.2, -0.15) is 0 Å². The molecule has 0 saturated carbocycles. The van der Waals surface area contributed by atoms with Gasteiger partial charge < -0.3 is 19.4 Å². The van der Waals surface area contributed by atoms with Crippen LogP contribution in [0, 0.1) is 0 Å². The number of carbonyl (C=O) groups excluding carboxylic acids is 2. The summed E-state index contributed by atoms with van der Waals surface area (Å²) in [5.41, 5.74) is 3.39. The second-order valence-corrected chi connectivity index (χ2v) is 11.2. The topological polar surface area (TPSA) is 89.9 Å². The minimum absolute atomic E-state index is 0.120. The SMILES string of the molecule is COc1ccc2c(-c3ccccc3)cc(=O)n(Cc3ccc(NC(=O)[C@@H]4CCCN4C(=O)OC(C)(C)C)cc3)c2c1. The van der Waals surface area contributed by atoms with E-state index in [9.17, 15) is 14.4 Å². The van der Waals surface area contributed by atoms with Gasteiger partial charge in [0, 0.05) is 29.8 Å². The molecule has 0 unspecified atom stereocenters. The van der Waals surface area contributed by atoms with Crippen molar-refractivity contribution < 1.29 is 19.1 Å². The number of nitrogens with zero attached hydrogens (tertiary/aromatic N) is 2. The molecule has 1 atom stereocenters. The smallest absolute Gasteiger partial charge is 0.410 e. The number of likely N-dealkylation sites (tertiary alicyclic amines) is 1. The van der Waals surface area contributed by atoms with Crippen LogP contribution in [-0.2, 0) is 16.1 Å². The molecule has 2 amide bonds. The van der Waals surface area contributed by atoms with Gasteiger partial charge in [-0.05, 0) is 74.6 Å². The van der Waals surface area contributed by atoms with Crippen LogP contribution in [0.3, 0.4) is 0 Å². The molecule has 8 heteroatoms. The first-order chi connectivity index (χ1) is 19.6. The second kappa shape index (κ2) is 11.5. The summed E-state index contributed by atoms with van der Waals surface area (Å²) in [5, 5.41) is 3.88. The van der Waals surface area contributed by atoms with Crippen molar-refractivity contribution in [1.82, 2.24) is 9.47 Å². The Bertz CT molecular complexity index is 1620. The summed E-state index contributed by atoms with van der Waals surface area (Å²) in [5.74, 6) is 0.424. The molecule has 0 spiro atoms. The van der Waals surface area contributed by atoms with Crippen LogP contribution in [0.15, 0.2) is 83.7 Å². The van der Waals surface area contributed by atoms with E-state index in [1.165, 1.54) is 4.90 Å². The number of ether oxygens (including phenoxy) is 2. The summed E-state index contributed by atoms with van der Waals surface area (Å²) in [7, 11) is 1.61. The highest BCUT2D eigenvalue weighted by atomic mass is 16.6. The lowest BCUT2D eigenvalue weighted by Gasteiger charge is -2.28. The Labute approximate surface area is 239 Å². The lowest BCUT2D eigenvalue weighted by atomic mass is 10.0. The molecule has 0 bridgehead atoms. The molecular weight excluding hydrogens is 518 g/mol. The number of methoxy groups -OCH3 is 1. The van der Waals surface area contributed by atoms with Gasteiger partial charge in [0.25, 0.3) is 5.56 Å². The van der Waals surface area contributed by atoms with Crippen LogP contribution >= 0.6 is 0 Å². The molecule has 1 fully saturated rings. The quantitative estimate of drug-likeness (QED) is 0.313. The number of carbonyl (C=O) groups is 2. The first-order valence-electron chi connectivity index (χ1n) is 13.8. The van der Waals surface area contributed by atoms with Crippen LogP contribution in [0.4, 0.5) is 10.5 Å². The van der Waals surface area contributed by atoms with E-state index < -0.39 is 17.7 Å². The highest BCUT2D eigenvalue weighted by molar-refractivity contribution is 5.97. The van der Waals surface area contributed by atoms with E-state index in [1.807, 2.05) is 93.6 Å². The summed E-state index contributed by atoms with van der Waals surface area (Å²) in [6, 6.07) is 24.1. The van der Waals surface area contributed by atoms with E-state index in [1.54, 1.807) is 17.7 Å². The standard InChI is InChI=1S/C33H35N3O5/c1-33(2,3)41-32(39)35-18-8-11-28(35)31(38)34-24-14-12-22(13-15-24)21-36-29-19-25(40-4)16-17-26(29)27(20-30(36)37)23-9-6-5-7-10-23/h5-7,9-10,12-17,19-20,28H,8,11,18,21H2,1-4H3,(H,34,38)/t28-/m0/s1. The Balaban J connectivity index is 1.36.